The van der Waals surface area contributed by atoms with Gasteiger partial charge in [-0.15, -0.1) is 0 Å². The molecule has 0 aliphatic rings. The van der Waals surface area contributed by atoms with Crippen molar-refractivity contribution in [1.82, 2.24) is 9.97 Å². The minimum absolute atomic E-state index is 0.567. The molecule has 0 fully saturated rings. The minimum Gasteiger partial charge on any atom is -0.387 e. The van der Waals surface area contributed by atoms with Crippen molar-refractivity contribution in [3.05, 3.63) is 22.7 Å². The molecule has 3 nitrogen and oxygen atoms in total. The third-order valence-corrected chi connectivity index (χ3v) is 1.69. The van der Waals surface area contributed by atoms with Crippen molar-refractivity contribution in [2.24, 2.45) is 0 Å². The minimum atomic E-state index is -0.567. The predicted molar refractivity (Wildman–Crippen MR) is 40.4 cm³/mol. The van der Waals surface area contributed by atoms with Gasteiger partial charge < -0.3 is 5.11 Å². The first-order valence-corrected chi connectivity index (χ1v) is 3.65. The molecule has 0 radical (unpaired) electrons. The summed E-state index contributed by atoms with van der Waals surface area (Å²) in [6, 6.07) is 0. The zero-order valence-electron chi connectivity index (χ0n) is 5.45. The molecule has 0 aliphatic heterocycles. The highest BCUT2D eigenvalue weighted by atomic mass is 79.9. The quantitative estimate of drug-likeness (QED) is 0.747. The molecule has 0 aliphatic carbocycles. The van der Waals surface area contributed by atoms with Crippen molar-refractivity contribution in [2.75, 3.05) is 0 Å². The van der Waals surface area contributed by atoms with Gasteiger partial charge in [-0.25, -0.2) is 4.98 Å². The number of hydrogen-bond acceptors (Lipinski definition) is 3. The van der Waals surface area contributed by atoms with E-state index in [9.17, 15) is 0 Å². The summed E-state index contributed by atoms with van der Waals surface area (Å²) in [5.74, 6) is 0. The summed E-state index contributed by atoms with van der Waals surface area (Å²) in [5, 5.41) is 9.07. The van der Waals surface area contributed by atoms with Crippen LogP contribution in [0.2, 0.25) is 0 Å². The van der Waals surface area contributed by atoms with E-state index in [-0.39, 0.29) is 0 Å². The Balaban J connectivity index is 3.03. The second-order valence-corrected chi connectivity index (χ2v) is 2.66. The van der Waals surface area contributed by atoms with Gasteiger partial charge in [0.15, 0.2) is 0 Å². The van der Waals surface area contributed by atoms with Gasteiger partial charge in [0.2, 0.25) is 0 Å². The van der Waals surface area contributed by atoms with Gasteiger partial charge in [0, 0.05) is 12.4 Å². The van der Waals surface area contributed by atoms with E-state index < -0.39 is 6.10 Å². The second-order valence-electron chi connectivity index (χ2n) is 1.91. The third-order valence-electron chi connectivity index (χ3n) is 1.08. The Hall–Kier alpha value is -0.480. The van der Waals surface area contributed by atoms with Crippen molar-refractivity contribution in [3.63, 3.8) is 0 Å². The average Bonchev–Trinajstić information content (AvgIpc) is 1.88. The van der Waals surface area contributed by atoms with E-state index in [4.69, 9.17) is 5.11 Å². The van der Waals surface area contributed by atoms with Gasteiger partial charge in [-0.3, -0.25) is 4.98 Å². The Morgan fingerprint density at radius 3 is 2.50 bits per heavy atom. The first kappa shape index (κ1) is 7.63. The van der Waals surface area contributed by atoms with E-state index in [1.54, 1.807) is 19.3 Å². The van der Waals surface area contributed by atoms with Crippen LogP contribution in [0, 0.1) is 0 Å². The topological polar surface area (TPSA) is 46.0 Å². The van der Waals surface area contributed by atoms with Crippen LogP contribution >= 0.6 is 15.9 Å². The number of aliphatic hydroxyl groups is 1. The van der Waals surface area contributed by atoms with Crippen molar-refractivity contribution in [1.29, 1.82) is 0 Å². The van der Waals surface area contributed by atoms with Crippen LogP contribution in [0.5, 0.6) is 0 Å². The van der Waals surface area contributed by atoms with Gasteiger partial charge >= 0.3 is 0 Å². The summed E-state index contributed by atoms with van der Waals surface area (Å²) < 4.78 is 0.602. The fourth-order valence-corrected chi connectivity index (χ4v) is 1.16. The van der Waals surface area contributed by atoms with Gasteiger partial charge in [0.1, 0.15) is 10.3 Å². The summed E-state index contributed by atoms with van der Waals surface area (Å²) in [7, 11) is 0. The number of aromatic nitrogens is 2. The zero-order valence-corrected chi connectivity index (χ0v) is 7.04. The lowest BCUT2D eigenvalue weighted by molar-refractivity contribution is 0.193. The SMILES string of the molecule is C[C@@H](O)c1nccnc1Br. The molecule has 0 saturated heterocycles. The molecule has 0 unspecified atom stereocenters. The number of nitrogens with zero attached hydrogens (tertiary/aromatic N) is 2. The summed E-state index contributed by atoms with van der Waals surface area (Å²) in [4.78, 5) is 7.81. The first-order chi connectivity index (χ1) is 4.72. The molecule has 4 heteroatoms. The van der Waals surface area contributed by atoms with E-state index in [1.165, 1.54) is 0 Å². The van der Waals surface area contributed by atoms with E-state index >= 15 is 0 Å². The van der Waals surface area contributed by atoms with E-state index in [2.05, 4.69) is 25.9 Å². The van der Waals surface area contributed by atoms with E-state index in [1.807, 2.05) is 0 Å². The number of halogens is 1. The van der Waals surface area contributed by atoms with E-state index in [0.717, 1.165) is 0 Å². The highest BCUT2D eigenvalue weighted by Crippen LogP contribution is 2.16. The van der Waals surface area contributed by atoms with Crippen LogP contribution in [0.3, 0.4) is 0 Å². The molecule has 0 bridgehead atoms. The summed E-state index contributed by atoms with van der Waals surface area (Å²) in [6.07, 6.45) is 2.55. The molecule has 1 aromatic heterocycles. The molecule has 54 valence electrons. The van der Waals surface area contributed by atoms with E-state index in [0.29, 0.717) is 10.3 Å². The number of aliphatic hydroxyl groups excluding tert-OH is 1. The lowest BCUT2D eigenvalue weighted by Gasteiger charge is -2.02. The Morgan fingerprint density at radius 2 is 2.10 bits per heavy atom. The molecule has 10 heavy (non-hydrogen) atoms. The van der Waals surface area contributed by atoms with Gasteiger partial charge in [0.25, 0.3) is 0 Å². The number of hydrogen-bond donors (Lipinski definition) is 1. The molecule has 0 aromatic carbocycles. The molecule has 0 spiro atoms. The fraction of sp³-hybridized carbons (Fsp3) is 0.333. The van der Waals surface area contributed by atoms with Crippen LogP contribution < -0.4 is 0 Å². The fourth-order valence-electron chi connectivity index (χ4n) is 0.612. The highest BCUT2D eigenvalue weighted by Gasteiger charge is 2.06. The van der Waals surface area contributed by atoms with Crippen LogP contribution in [0.15, 0.2) is 17.0 Å². The van der Waals surface area contributed by atoms with Crippen molar-refractivity contribution in [2.45, 2.75) is 13.0 Å². The average molecular weight is 203 g/mol. The van der Waals surface area contributed by atoms with Gasteiger partial charge in [-0.05, 0) is 22.9 Å². The Bertz CT molecular complexity index is 227. The molecular formula is C6H7BrN2O. The van der Waals surface area contributed by atoms with Crippen molar-refractivity contribution < 1.29 is 5.11 Å². The van der Waals surface area contributed by atoms with Crippen LogP contribution in [0.1, 0.15) is 18.7 Å². The summed E-state index contributed by atoms with van der Waals surface area (Å²) in [6.45, 7) is 1.65. The Kier molecular flexibility index (Phi) is 2.34. The van der Waals surface area contributed by atoms with Crippen LogP contribution in [0.25, 0.3) is 0 Å². The van der Waals surface area contributed by atoms with Gasteiger partial charge in [-0.1, -0.05) is 0 Å². The van der Waals surface area contributed by atoms with Crippen LogP contribution in [0.4, 0.5) is 0 Å². The maximum absolute atomic E-state index is 9.07. The van der Waals surface area contributed by atoms with Gasteiger partial charge in [-0.2, -0.15) is 0 Å². The van der Waals surface area contributed by atoms with Crippen molar-refractivity contribution >= 4 is 15.9 Å². The van der Waals surface area contributed by atoms with Crippen LogP contribution in [-0.2, 0) is 0 Å². The molecule has 1 N–H and O–H groups in total. The molecular weight excluding hydrogens is 196 g/mol. The second kappa shape index (κ2) is 3.07. The summed E-state index contributed by atoms with van der Waals surface area (Å²) in [5.41, 5.74) is 0.572. The number of rotatable bonds is 1. The zero-order chi connectivity index (χ0) is 7.56. The normalized spacial score (nSPS) is 13.1. The molecule has 0 saturated carbocycles. The molecule has 1 rings (SSSR count). The Morgan fingerprint density at radius 1 is 1.50 bits per heavy atom. The largest absolute Gasteiger partial charge is 0.387 e. The first-order valence-electron chi connectivity index (χ1n) is 2.86. The lowest BCUT2D eigenvalue weighted by Crippen LogP contribution is -1.97. The molecule has 1 aromatic rings. The maximum Gasteiger partial charge on any atom is 0.130 e. The summed E-state index contributed by atoms with van der Waals surface area (Å²) >= 11 is 3.16. The monoisotopic (exact) mass is 202 g/mol. The molecule has 0 amide bonds. The highest BCUT2D eigenvalue weighted by molar-refractivity contribution is 9.10. The Labute approximate surface area is 67.3 Å². The molecule has 1 heterocycles. The molecule has 1 atom stereocenters. The van der Waals surface area contributed by atoms with Crippen molar-refractivity contribution in [3.8, 4) is 0 Å². The van der Waals surface area contributed by atoms with Crippen LogP contribution in [-0.4, -0.2) is 15.1 Å². The van der Waals surface area contributed by atoms with Gasteiger partial charge in [0.05, 0.1) is 6.10 Å². The lowest BCUT2D eigenvalue weighted by atomic mass is 10.3. The smallest absolute Gasteiger partial charge is 0.130 e. The predicted octanol–water partition coefficient (Wildman–Crippen LogP) is 1.29. The maximum atomic E-state index is 9.07. The third kappa shape index (κ3) is 1.52. The standard InChI is InChI=1S/C6H7BrN2O/c1-4(10)5-6(7)9-3-2-8-5/h2-4,10H,1H3/t4-/m1/s1.